The molecule has 8 unspecified atom stereocenters. The summed E-state index contributed by atoms with van der Waals surface area (Å²) in [5, 5.41) is 5.96. The quantitative estimate of drug-likeness (QED) is 0.437. The second-order valence-corrected chi connectivity index (χ2v) is 12.2. The fourth-order valence-electron chi connectivity index (χ4n) is 7.14. The molecule has 1 spiro atoms. The van der Waals surface area contributed by atoms with E-state index in [1.165, 1.54) is 18.2 Å². The Labute approximate surface area is 240 Å². The topological polar surface area (TPSA) is 91.0 Å². The number of rotatable bonds is 9. The average molecular weight is 575 g/mol. The third kappa shape index (κ3) is 4.94. The molecule has 40 heavy (non-hydrogen) atoms. The van der Waals surface area contributed by atoms with E-state index < -0.39 is 41.3 Å². The predicted molar refractivity (Wildman–Crippen MR) is 151 cm³/mol. The van der Waals surface area contributed by atoms with Gasteiger partial charge < -0.3 is 25.2 Å². The van der Waals surface area contributed by atoms with Gasteiger partial charge in [-0.05, 0) is 49.5 Å². The molecule has 218 valence electrons. The van der Waals surface area contributed by atoms with Gasteiger partial charge in [-0.3, -0.25) is 14.4 Å². The Balaban J connectivity index is 1.43. The van der Waals surface area contributed by atoms with Crippen LogP contribution in [0.1, 0.15) is 47.0 Å². The number of likely N-dealkylation sites (N-methyl/N-ethyl adjacent to an activating group) is 1. The minimum atomic E-state index is -1.22. The number of ether oxygens (including phenoxy) is 1. The maximum atomic E-state index is 14.1. The number of nitrogens with zero attached hydrogens (tertiary/aromatic N) is 2. The molecule has 5 rings (SSSR count). The monoisotopic (exact) mass is 574 g/mol. The Morgan fingerprint density at radius 1 is 1.20 bits per heavy atom. The summed E-state index contributed by atoms with van der Waals surface area (Å²) in [6, 6.07) is 3.10. The van der Waals surface area contributed by atoms with E-state index in [1.54, 1.807) is 11.0 Å². The number of carbonyl (C=O) groups excluding carboxylic acids is 3. The normalized spacial score (nSPS) is 34.4. The summed E-state index contributed by atoms with van der Waals surface area (Å²) in [6.07, 6.45) is 6.07. The van der Waals surface area contributed by atoms with Crippen molar-refractivity contribution >= 4 is 35.0 Å². The molecule has 8 nitrogen and oxygen atoms in total. The largest absolute Gasteiger partial charge is 0.359 e. The van der Waals surface area contributed by atoms with E-state index in [0.717, 1.165) is 32.4 Å². The molecule has 0 aromatic heterocycles. The van der Waals surface area contributed by atoms with E-state index in [0.29, 0.717) is 30.6 Å². The Hall–Kier alpha value is -2.49. The highest BCUT2D eigenvalue weighted by molar-refractivity contribution is 6.31. The summed E-state index contributed by atoms with van der Waals surface area (Å²) in [4.78, 5) is 45.6. The second-order valence-electron chi connectivity index (χ2n) is 11.8. The maximum Gasteiger partial charge on any atom is 0.246 e. The van der Waals surface area contributed by atoms with Gasteiger partial charge in [0.25, 0.3) is 0 Å². The number of hydrogen-bond donors (Lipinski definition) is 2. The number of likely N-dealkylation sites (tertiary alicyclic amines) is 1. The summed E-state index contributed by atoms with van der Waals surface area (Å²) in [7, 11) is 0. The van der Waals surface area contributed by atoms with E-state index in [2.05, 4.69) is 43.2 Å². The van der Waals surface area contributed by atoms with Crippen LogP contribution in [0.2, 0.25) is 5.02 Å². The first-order chi connectivity index (χ1) is 19.1. The van der Waals surface area contributed by atoms with Crippen molar-refractivity contribution in [2.24, 2.45) is 23.7 Å². The Bertz CT molecular complexity index is 1190. The number of carbonyl (C=O) groups is 3. The Kier molecular flexibility index (Phi) is 8.28. The summed E-state index contributed by atoms with van der Waals surface area (Å²) >= 11 is 5.92. The second kappa shape index (κ2) is 11.4. The van der Waals surface area contributed by atoms with Gasteiger partial charge in [0, 0.05) is 24.8 Å². The summed E-state index contributed by atoms with van der Waals surface area (Å²) in [5.74, 6) is -2.33. The molecule has 1 aromatic carbocycles. The number of halogens is 2. The first kappa shape index (κ1) is 29.0. The lowest BCUT2D eigenvalue weighted by Gasteiger charge is -2.38. The molecular weight excluding hydrogens is 535 g/mol. The van der Waals surface area contributed by atoms with Crippen LogP contribution in [0.5, 0.6) is 0 Å². The van der Waals surface area contributed by atoms with Crippen molar-refractivity contribution in [3.8, 4) is 0 Å². The smallest absolute Gasteiger partial charge is 0.246 e. The highest BCUT2D eigenvalue weighted by atomic mass is 35.5. The molecule has 2 saturated heterocycles. The van der Waals surface area contributed by atoms with Crippen molar-refractivity contribution in [1.29, 1.82) is 0 Å². The zero-order chi connectivity index (χ0) is 28.8. The molecule has 10 heteroatoms. The van der Waals surface area contributed by atoms with Gasteiger partial charge >= 0.3 is 0 Å². The van der Waals surface area contributed by atoms with E-state index in [9.17, 15) is 18.8 Å². The lowest BCUT2D eigenvalue weighted by atomic mass is 9.73. The zero-order valence-electron chi connectivity index (χ0n) is 23.7. The van der Waals surface area contributed by atoms with Crippen molar-refractivity contribution < 1.29 is 23.5 Å². The van der Waals surface area contributed by atoms with E-state index in [1.807, 2.05) is 6.08 Å². The van der Waals surface area contributed by atoms with Crippen LogP contribution < -0.4 is 10.6 Å². The van der Waals surface area contributed by atoms with Crippen LogP contribution in [0.4, 0.5) is 10.1 Å². The van der Waals surface area contributed by atoms with Crippen LogP contribution in [0, 0.1) is 29.5 Å². The third-order valence-corrected chi connectivity index (χ3v) is 9.99. The van der Waals surface area contributed by atoms with Crippen LogP contribution in [-0.2, 0) is 19.1 Å². The molecule has 0 radical (unpaired) electrons. The van der Waals surface area contributed by atoms with Crippen molar-refractivity contribution in [2.45, 2.75) is 70.7 Å². The molecule has 3 aliphatic heterocycles. The van der Waals surface area contributed by atoms with Crippen molar-refractivity contribution in [3.63, 3.8) is 0 Å². The molecule has 3 amide bonds. The van der Waals surface area contributed by atoms with E-state index in [4.69, 9.17) is 16.3 Å². The fraction of sp³-hybridized carbons (Fsp3) is 0.633. The molecule has 4 aliphatic rings. The minimum absolute atomic E-state index is 0.0244. The van der Waals surface area contributed by atoms with Gasteiger partial charge in [-0.15, -0.1) is 0 Å². The maximum absolute atomic E-state index is 14.1. The fourth-order valence-corrected chi connectivity index (χ4v) is 7.32. The van der Waals surface area contributed by atoms with E-state index in [-0.39, 0.29) is 22.9 Å². The Morgan fingerprint density at radius 2 is 1.95 bits per heavy atom. The number of anilines is 1. The standard InChI is InChI=1S/C30H40ClFN4O4/c1-5-35(6-2)14-15-36-26(28(38)34-22-9-7-8-17(3)18(22)4)30-13-12-23(40-30)24(25(30)29(36)39)27(37)33-19-10-11-21(32)20(31)16-19/h10-13,16-18,22-26H,5-9,14-15H2,1-4H3,(H,33,37)(H,34,38). The lowest BCUT2D eigenvalue weighted by Crippen LogP contribution is -2.58. The predicted octanol–water partition coefficient (Wildman–Crippen LogP) is 3.85. The molecule has 3 heterocycles. The Morgan fingerprint density at radius 3 is 2.65 bits per heavy atom. The van der Waals surface area contributed by atoms with Crippen LogP contribution in [0.25, 0.3) is 0 Å². The number of benzene rings is 1. The van der Waals surface area contributed by atoms with Crippen LogP contribution in [-0.4, -0.2) is 77.5 Å². The molecule has 1 saturated carbocycles. The van der Waals surface area contributed by atoms with Crippen LogP contribution >= 0.6 is 11.6 Å². The van der Waals surface area contributed by atoms with Crippen LogP contribution in [0.3, 0.4) is 0 Å². The number of nitrogens with one attached hydrogen (secondary N) is 2. The summed E-state index contributed by atoms with van der Waals surface area (Å²) in [6.45, 7) is 11.1. The van der Waals surface area contributed by atoms with Gasteiger partial charge in [-0.25, -0.2) is 4.39 Å². The van der Waals surface area contributed by atoms with Gasteiger partial charge in [-0.1, -0.05) is 64.3 Å². The summed E-state index contributed by atoms with van der Waals surface area (Å²) in [5.41, 5.74) is -0.892. The van der Waals surface area contributed by atoms with Gasteiger partial charge in [0.1, 0.15) is 17.5 Å². The first-order valence-corrected chi connectivity index (χ1v) is 14.9. The molecule has 1 aliphatic carbocycles. The average Bonchev–Trinajstić information content (AvgIpc) is 3.57. The molecule has 1 aromatic rings. The highest BCUT2D eigenvalue weighted by Gasteiger charge is 2.72. The molecular formula is C30H40ClFN4O4. The van der Waals surface area contributed by atoms with Gasteiger partial charge in [0.15, 0.2) is 0 Å². The van der Waals surface area contributed by atoms with E-state index >= 15 is 0 Å². The first-order valence-electron chi connectivity index (χ1n) is 14.6. The molecule has 8 atom stereocenters. The number of fused-ring (bicyclic) bond motifs is 1. The SMILES string of the molecule is CCN(CC)CCN1C(=O)C2C(C(=O)Nc3ccc(F)c(Cl)c3)C3C=CC2(O3)C1C(=O)NC1CCCC(C)C1C. The van der Waals surface area contributed by atoms with Crippen molar-refractivity contribution in [2.75, 3.05) is 31.5 Å². The molecule has 3 fully saturated rings. The minimum Gasteiger partial charge on any atom is -0.359 e. The highest BCUT2D eigenvalue weighted by Crippen LogP contribution is 2.55. The number of hydrogen-bond acceptors (Lipinski definition) is 5. The summed E-state index contributed by atoms with van der Waals surface area (Å²) < 4.78 is 20.1. The third-order valence-electron chi connectivity index (χ3n) is 9.70. The van der Waals surface area contributed by atoms with Gasteiger partial charge in [0.05, 0.1) is 23.0 Å². The van der Waals surface area contributed by atoms with Gasteiger partial charge in [-0.2, -0.15) is 0 Å². The molecule has 2 bridgehead atoms. The van der Waals surface area contributed by atoms with Crippen LogP contribution in [0.15, 0.2) is 30.4 Å². The van der Waals surface area contributed by atoms with Crippen molar-refractivity contribution in [3.05, 3.63) is 41.2 Å². The number of amides is 3. The lowest BCUT2D eigenvalue weighted by molar-refractivity contribution is -0.141. The van der Waals surface area contributed by atoms with Gasteiger partial charge in [0.2, 0.25) is 17.7 Å². The zero-order valence-corrected chi connectivity index (χ0v) is 24.4. The van der Waals surface area contributed by atoms with Crippen molar-refractivity contribution in [1.82, 2.24) is 15.1 Å². The molecule has 2 N–H and O–H groups in total.